The van der Waals surface area contributed by atoms with E-state index < -0.39 is 11.7 Å². The van der Waals surface area contributed by atoms with Crippen LogP contribution in [0.5, 0.6) is 0 Å². The lowest BCUT2D eigenvalue weighted by molar-refractivity contribution is -0.129. The molecular weight excluding hydrogens is 325 g/mol. The minimum Gasteiger partial charge on any atom is -0.339 e. The van der Waals surface area contributed by atoms with Crippen molar-refractivity contribution in [1.29, 1.82) is 0 Å². The molecule has 1 saturated heterocycles. The van der Waals surface area contributed by atoms with Crippen LogP contribution in [0, 0.1) is 5.82 Å². The summed E-state index contributed by atoms with van der Waals surface area (Å²) in [6, 6.07) is 7.17. The molecule has 0 radical (unpaired) electrons. The molecule has 0 spiro atoms. The smallest absolute Gasteiger partial charge is 0.274 e. The van der Waals surface area contributed by atoms with E-state index in [-0.39, 0.29) is 11.6 Å². The molecule has 1 fully saturated rings. The van der Waals surface area contributed by atoms with Crippen molar-refractivity contribution >= 4 is 23.5 Å². The summed E-state index contributed by atoms with van der Waals surface area (Å²) in [5.41, 5.74) is 0.559. The average molecular weight is 343 g/mol. The Bertz CT molecular complexity index is 790. The first kappa shape index (κ1) is 16.8. The average Bonchev–Trinajstić information content (AvgIpc) is 2.62. The van der Waals surface area contributed by atoms with Gasteiger partial charge in [0.25, 0.3) is 5.91 Å². The first-order valence-electron chi connectivity index (χ1n) is 7.93. The summed E-state index contributed by atoms with van der Waals surface area (Å²) < 4.78 is 13.2. The second-order valence-electron chi connectivity index (χ2n) is 5.70. The van der Waals surface area contributed by atoms with Crippen molar-refractivity contribution in [2.45, 2.75) is 6.92 Å². The van der Waals surface area contributed by atoms with Gasteiger partial charge in [-0.25, -0.2) is 14.4 Å². The van der Waals surface area contributed by atoms with Crippen LogP contribution in [0.3, 0.4) is 0 Å². The molecule has 0 aliphatic carbocycles. The van der Waals surface area contributed by atoms with Crippen LogP contribution in [0.25, 0.3) is 0 Å². The van der Waals surface area contributed by atoms with Crippen LogP contribution in [0.2, 0.25) is 0 Å². The van der Waals surface area contributed by atoms with Crippen molar-refractivity contribution in [3.05, 3.63) is 48.0 Å². The SMILES string of the molecule is CC(=O)N1CCN(c2nccc(C(=O)Nc3cccc(F)c3)n2)CC1. The fraction of sp³-hybridized carbons (Fsp3) is 0.294. The van der Waals surface area contributed by atoms with Crippen molar-refractivity contribution < 1.29 is 14.0 Å². The van der Waals surface area contributed by atoms with E-state index in [0.717, 1.165) is 0 Å². The summed E-state index contributed by atoms with van der Waals surface area (Å²) in [5.74, 6) is -0.375. The van der Waals surface area contributed by atoms with Crippen LogP contribution in [0.1, 0.15) is 17.4 Å². The molecule has 1 aromatic carbocycles. The predicted octanol–water partition coefficient (Wildman–Crippen LogP) is 1.54. The van der Waals surface area contributed by atoms with Crippen molar-refractivity contribution in [3.63, 3.8) is 0 Å². The molecule has 7 nitrogen and oxygen atoms in total. The number of hydrogen-bond acceptors (Lipinski definition) is 5. The number of aromatic nitrogens is 2. The monoisotopic (exact) mass is 343 g/mol. The number of amides is 2. The third-order valence-corrected chi connectivity index (χ3v) is 3.97. The van der Waals surface area contributed by atoms with E-state index in [0.29, 0.717) is 37.8 Å². The van der Waals surface area contributed by atoms with Crippen LogP contribution in [-0.2, 0) is 4.79 Å². The highest BCUT2D eigenvalue weighted by molar-refractivity contribution is 6.02. The molecule has 2 heterocycles. The Kier molecular flexibility index (Phi) is 4.87. The summed E-state index contributed by atoms with van der Waals surface area (Å²) in [4.78, 5) is 35.9. The fourth-order valence-electron chi connectivity index (χ4n) is 2.61. The molecule has 1 aromatic heterocycles. The molecule has 2 aromatic rings. The van der Waals surface area contributed by atoms with Gasteiger partial charge < -0.3 is 15.1 Å². The van der Waals surface area contributed by atoms with Gasteiger partial charge in [-0.2, -0.15) is 0 Å². The molecular formula is C17H18FN5O2. The van der Waals surface area contributed by atoms with Gasteiger partial charge in [-0.1, -0.05) is 6.07 Å². The Morgan fingerprint density at radius 3 is 2.60 bits per heavy atom. The second-order valence-corrected chi connectivity index (χ2v) is 5.70. The van der Waals surface area contributed by atoms with Crippen LogP contribution in [0.4, 0.5) is 16.0 Å². The molecule has 130 valence electrons. The van der Waals surface area contributed by atoms with Crippen molar-refractivity contribution in [3.8, 4) is 0 Å². The highest BCUT2D eigenvalue weighted by Gasteiger charge is 2.21. The van der Waals surface area contributed by atoms with E-state index in [1.54, 1.807) is 17.9 Å². The summed E-state index contributed by atoms with van der Waals surface area (Å²) in [6.45, 7) is 3.95. The number of rotatable bonds is 3. The number of nitrogens with one attached hydrogen (secondary N) is 1. The van der Waals surface area contributed by atoms with Gasteiger partial charge in [-0.3, -0.25) is 9.59 Å². The fourth-order valence-corrected chi connectivity index (χ4v) is 2.61. The maximum atomic E-state index is 13.2. The van der Waals surface area contributed by atoms with E-state index in [4.69, 9.17) is 0 Å². The molecule has 1 aliphatic rings. The summed E-state index contributed by atoms with van der Waals surface area (Å²) >= 11 is 0. The lowest BCUT2D eigenvalue weighted by Crippen LogP contribution is -2.48. The van der Waals surface area contributed by atoms with Crippen LogP contribution >= 0.6 is 0 Å². The van der Waals surface area contributed by atoms with Crippen LogP contribution in [-0.4, -0.2) is 52.9 Å². The molecule has 0 atom stereocenters. The van der Waals surface area contributed by atoms with E-state index in [1.165, 1.54) is 30.5 Å². The van der Waals surface area contributed by atoms with Gasteiger partial charge in [0.2, 0.25) is 11.9 Å². The number of benzene rings is 1. The molecule has 2 amide bonds. The number of nitrogens with zero attached hydrogens (tertiary/aromatic N) is 4. The lowest BCUT2D eigenvalue weighted by atomic mass is 10.3. The maximum Gasteiger partial charge on any atom is 0.274 e. The van der Waals surface area contributed by atoms with Crippen LogP contribution < -0.4 is 10.2 Å². The highest BCUT2D eigenvalue weighted by Crippen LogP contribution is 2.14. The van der Waals surface area contributed by atoms with Gasteiger partial charge in [-0.15, -0.1) is 0 Å². The first-order valence-corrected chi connectivity index (χ1v) is 7.93. The molecule has 25 heavy (non-hydrogen) atoms. The zero-order chi connectivity index (χ0) is 17.8. The number of hydrogen-bond donors (Lipinski definition) is 1. The molecule has 8 heteroatoms. The van der Waals surface area contributed by atoms with Crippen LogP contribution in [0.15, 0.2) is 36.5 Å². The predicted molar refractivity (Wildman–Crippen MR) is 90.9 cm³/mol. The van der Waals surface area contributed by atoms with Crippen molar-refractivity contribution in [1.82, 2.24) is 14.9 Å². The number of anilines is 2. The molecule has 1 N–H and O–H groups in total. The van der Waals surface area contributed by atoms with Gasteiger partial charge in [-0.05, 0) is 24.3 Å². The zero-order valence-corrected chi connectivity index (χ0v) is 13.8. The van der Waals surface area contributed by atoms with Gasteiger partial charge in [0.1, 0.15) is 11.5 Å². The third kappa shape index (κ3) is 4.09. The molecule has 0 unspecified atom stereocenters. The lowest BCUT2D eigenvalue weighted by Gasteiger charge is -2.34. The van der Waals surface area contributed by atoms with Gasteiger partial charge >= 0.3 is 0 Å². The number of carbonyl (C=O) groups excluding carboxylic acids is 2. The number of piperazine rings is 1. The first-order chi connectivity index (χ1) is 12.0. The summed E-state index contributed by atoms with van der Waals surface area (Å²) in [7, 11) is 0. The van der Waals surface area contributed by atoms with Gasteiger partial charge in [0.15, 0.2) is 0 Å². The molecule has 1 aliphatic heterocycles. The van der Waals surface area contributed by atoms with Crippen molar-refractivity contribution in [2.24, 2.45) is 0 Å². The Balaban J connectivity index is 1.69. The minimum atomic E-state index is -0.434. The third-order valence-electron chi connectivity index (χ3n) is 3.97. The standard InChI is InChI=1S/C17H18FN5O2/c1-12(24)22-7-9-23(10-8-22)17-19-6-5-15(21-17)16(25)20-14-4-2-3-13(18)11-14/h2-6,11H,7-10H2,1H3,(H,20,25). The summed E-state index contributed by atoms with van der Waals surface area (Å²) in [5, 5.41) is 2.61. The molecule has 0 bridgehead atoms. The topological polar surface area (TPSA) is 78.4 Å². The quantitative estimate of drug-likeness (QED) is 0.914. The number of halogens is 1. The molecule has 0 saturated carbocycles. The molecule has 3 rings (SSSR count). The normalized spacial score (nSPS) is 14.3. The van der Waals surface area contributed by atoms with E-state index >= 15 is 0 Å². The largest absolute Gasteiger partial charge is 0.339 e. The van der Waals surface area contributed by atoms with Gasteiger partial charge in [0, 0.05) is 45.0 Å². The van der Waals surface area contributed by atoms with E-state index in [2.05, 4.69) is 15.3 Å². The maximum absolute atomic E-state index is 13.2. The number of carbonyl (C=O) groups is 2. The Hall–Kier alpha value is -3.03. The second kappa shape index (κ2) is 7.25. The van der Waals surface area contributed by atoms with E-state index in [9.17, 15) is 14.0 Å². The minimum absolute atomic E-state index is 0.0452. The van der Waals surface area contributed by atoms with Gasteiger partial charge in [0.05, 0.1) is 0 Å². The highest BCUT2D eigenvalue weighted by atomic mass is 19.1. The Labute approximate surface area is 144 Å². The van der Waals surface area contributed by atoms with E-state index in [1.807, 2.05) is 4.90 Å². The Morgan fingerprint density at radius 2 is 1.92 bits per heavy atom. The zero-order valence-electron chi connectivity index (χ0n) is 13.8. The summed E-state index contributed by atoms with van der Waals surface area (Å²) in [6.07, 6.45) is 1.51. The van der Waals surface area contributed by atoms with Crippen molar-refractivity contribution in [2.75, 3.05) is 36.4 Å². The Morgan fingerprint density at radius 1 is 1.16 bits per heavy atom.